The van der Waals surface area contributed by atoms with Crippen LogP contribution in [-0.4, -0.2) is 31.7 Å². The molecule has 0 aliphatic heterocycles. The quantitative estimate of drug-likeness (QED) is 0.617. The van der Waals surface area contributed by atoms with E-state index in [1.165, 1.54) is 12.8 Å². The molecule has 1 aromatic carbocycles. The molecule has 1 aliphatic rings. The van der Waals surface area contributed by atoms with E-state index in [1.54, 1.807) is 36.5 Å². The zero-order valence-electron chi connectivity index (χ0n) is 16.8. The lowest BCUT2D eigenvalue weighted by Gasteiger charge is -2.12. The predicted molar refractivity (Wildman–Crippen MR) is 113 cm³/mol. The number of fused-ring (bicyclic) bond motifs is 1. The fraction of sp³-hybridized carbons (Fsp3) is 0.364. The molecule has 3 aromatic rings. The summed E-state index contributed by atoms with van der Waals surface area (Å²) in [6, 6.07) is 10.7. The third-order valence-electron chi connectivity index (χ3n) is 5.15. The smallest absolute Gasteiger partial charge is 0.287 e. The monoisotopic (exact) mass is 428 g/mol. The first-order chi connectivity index (χ1) is 14.4. The summed E-state index contributed by atoms with van der Waals surface area (Å²) < 4.78 is 35.2. The first-order valence-electron chi connectivity index (χ1n) is 9.97. The number of hydrogen-bond donors (Lipinski definition) is 1. The zero-order chi connectivity index (χ0) is 21.1. The zero-order valence-corrected chi connectivity index (χ0v) is 17.6. The van der Waals surface area contributed by atoms with Crippen molar-refractivity contribution in [2.24, 2.45) is 0 Å². The minimum Gasteiger partial charge on any atom is -0.474 e. The van der Waals surface area contributed by atoms with Crippen molar-refractivity contribution in [1.29, 1.82) is 0 Å². The molecular weight excluding hydrogens is 404 g/mol. The lowest BCUT2D eigenvalue weighted by Crippen LogP contribution is -2.24. The molecule has 30 heavy (non-hydrogen) atoms. The molecule has 0 bridgehead atoms. The third-order valence-corrected chi connectivity index (χ3v) is 5.96. The van der Waals surface area contributed by atoms with E-state index in [-0.39, 0.29) is 24.2 Å². The van der Waals surface area contributed by atoms with Crippen molar-refractivity contribution in [1.82, 2.24) is 10.3 Å². The van der Waals surface area contributed by atoms with E-state index in [0.717, 1.165) is 24.7 Å². The van der Waals surface area contributed by atoms with Gasteiger partial charge in [0.05, 0.1) is 5.75 Å². The number of nitrogens with one attached hydrogen (secondary N) is 1. The van der Waals surface area contributed by atoms with Gasteiger partial charge in [0, 0.05) is 36.0 Å². The number of carbonyl (C=O) groups is 1. The Balaban J connectivity index is 1.46. The van der Waals surface area contributed by atoms with E-state index in [2.05, 4.69) is 10.3 Å². The fourth-order valence-corrected chi connectivity index (χ4v) is 4.52. The van der Waals surface area contributed by atoms with Gasteiger partial charge in [-0.05, 0) is 37.3 Å². The molecule has 8 heteroatoms. The van der Waals surface area contributed by atoms with Crippen LogP contribution in [0.25, 0.3) is 11.0 Å². The summed E-state index contributed by atoms with van der Waals surface area (Å²) in [6.45, 7) is 0.241. The highest BCUT2D eigenvalue weighted by molar-refractivity contribution is 7.89. The minimum absolute atomic E-state index is 0.0239. The maximum absolute atomic E-state index is 12.7. The van der Waals surface area contributed by atoms with Crippen molar-refractivity contribution < 1.29 is 22.4 Å². The number of amides is 1. The topological polar surface area (TPSA) is 98.5 Å². The second-order valence-corrected chi connectivity index (χ2v) is 9.83. The van der Waals surface area contributed by atoms with E-state index in [1.807, 2.05) is 6.07 Å². The number of aromatic nitrogens is 1. The second kappa shape index (κ2) is 8.47. The van der Waals surface area contributed by atoms with E-state index >= 15 is 0 Å². The van der Waals surface area contributed by atoms with Gasteiger partial charge in [-0.15, -0.1) is 0 Å². The fourth-order valence-electron chi connectivity index (χ4n) is 3.71. The van der Waals surface area contributed by atoms with Gasteiger partial charge >= 0.3 is 0 Å². The molecule has 0 atom stereocenters. The second-order valence-electron chi connectivity index (χ2n) is 7.69. The first-order valence-corrected chi connectivity index (χ1v) is 12.0. The van der Waals surface area contributed by atoms with Crippen LogP contribution in [0.3, 0.4) is 0 Å². The number of nitrogens with zero attached hydrogens (tertiary/aromatic N) is 1. The van der Waals surface area contributed by atoms with Gasteiger partial charge in [0.1, 0.15) is 11.7 Å². The van der Waals surface area contributed by atoms with E-state index in [0.29, 0.717) is 22.4 Å². The number of furan rings is 1. The Morgan fingerprint density at radius 3 is 2.67 bits per heavy atom. The number of pyridine rings is 1. The third kappa shape index (κ3) is 4.81. The van der Waals surface area contributed by atoms with Crippen molar-refractivity contribution in [3.63, 3.8) is 0 Å². The van der Waals surface area contributed by atoms with Gasteiger partial charge in [-0.25, -0.2) is 13.4 Å². The summed E-state index contributed by atoms with van der Waals surface area (Å²) in [5, 5.41) is 3.41. The van der Waals surface area contributed by atoms with E-state index < -0.39 is 15.7 Å². The highest BCUT2D eigenvalue weighted by Gasteiger charge is 2.23. The molecular formula is C22H24N2O5S. The lowest BCUT2D eigenvalue weighted by molar-refractivity contribution is 0.0924. The van der Waals surface area contributed by atoms with Gasteiger partial charge < -0.3 is 14.5 Å². The Labute approximate surface area is 175 Å². The Kier molecular flexibility index (Phi) is 5.76. The van der Waals surface area contributed by atoms with Gasteiger partial charge in [0.25, 0.3) is 5.91 Å². The van der Waals surface area contributed by atoms with Gasteiger partial charge in [-0.2, -0.15) is 0 Å². The maximum Gasteiger partial charge on any atom is 0.287 e. The Hall–Kier alpha value is -2.87. The normalized spacial score (nSPS) is 14.8. The number of rotatable bonds is 7. The minimum atomic E-state index is -3.34. The number of carbonyl (C=O) groups excluding carboxylic acids is 1. The number of ether oxygens (including phenoxy) is 1. The largest absolute Gasteiger partial charge is 0.474 e. The molecule has 0 spiro atoms. The summed E-state index contributed by atoms with van der Waals surface area (Å²) in [5.74, 6) is -0.113. The molecule has 0 radical (unpaired) electrons. The maximum atomic E-state index is 12.7. The molecule has 1 N–H and O–H groups in total. The van der Waals surface area contributed by atoms with Gasteiger partial charge in [-0.3, -0.25) is 4.79 Å². The highest BCUT2D eigenvalue weighted by Crippen LogP contribution is 2.28. The highest BCUT2D eigenvalue weighted by atomic mass is 32.2. The van der Waals surface area contributed by atoms with Gasteiger partial charge in [0.15, 0.2) is 15.6 Å². The van der Waals surface area contributed by atoms with Crippen molar-refractivity contribution in [2.75, 3.05) is 6.26 Å². The first kappa shape index (κ1) is 20.4. The van der Waals surface area contributed by atoms with Crippen molar-refractivity contribution in [2.45, 2.75) is 44.1 Å². The average molecular weight is 429 g/mol. The molecule has 1 saturated carbocycles. The van der Waals surface area contributed by atoms with Crippen LogP contribution in [0.4, 0.5) is 0 Å². The number of sulfone groups is 1. The van der Waals surface area contributed by atoms with Crippen molar-refractivity contribution in [3.05, 3.63) is 59.5 Å². The van der Waals surface area contributed by atoms with Gasteiger partial charge in [0.2, 0.25) is 5.88 Å². The Morgan fingerprint density at radius 2 is 1.97 bits per heavy atom. The molecule has 1 aliphatic carbocycles. The molecule has 1 amide bonds. The number of hydrogen-bond acceptors (Lipinski definition) is 6. The van der Waals surface area contributed by atoms with Crippen LogP contribution in [0.15, 0.2) is 47.0 Å². The molecule has 7 nitrogen and oxygen atoms in total. The molecule has 1 fully saturated rings. The van der Waals surface area contributed by atoms with Crippen LogP contribution < -0.4 is 10.1 Å². The van der Waals surface area contributed by atoms with Gasteiger partial charge in [-0.1, -0.05) is 24.3 Å². The molecule has 0 saturated heterocycles. The van der Waals surface area contributed by atoms with Crippen LogP contribution in [0.1, 0.15) is 47.4 Å². The summed E-state index contributed by atoms with van der Waals surface area (Å²) >= 11 is 0. The van der Waals surface area contributed by atoms with Crippen molar-refractivity contribution in [3.8, 4) is 5.88 Å². The lowest BCUT2D eigenvalue weighted by atomic mass is 10.1. The van der Waals surface area contributed by atoms with Crippen LogP contribution in [0.5, 0.6) is 5.88 Å². The van der Waals surface area contributed by atoms with Crippen LogP contribution in [0, 0.1) is 0 Å². The SMILES string of the molecule is CS(=O)(=O)Cc1c(C(=O)NCc2ccc(OC3CCCC3)nc2)oc2ccccc12. The molecule has 0 unspecified atom stereocenters. The molecule has 2 heterocycles. The van der Waals surface area contributed by atoms with Crippen molar-refractivity contribution >= 4 is 26.7 Å². The predicted octanol–water partition coefficient (Wildman–Crippen LogP) is 3.62. The molecule has 2 aromatic heterocycles. The number of para-hydroxylation sites is 1. The Bertz CT molecular complexity index is 1150. The van der Waals surface area contributed by atoms with Crippen LogP contribution >= 0.6 is 0 Å². The average Bonchev–Trinajstić information content (AvgIpc) is 3.34. The van der Waals surface area contributed by atoms with Crippen LogP contribution in [0.2, 0.25) is 0 Å². The van der Waals surface area contributed by atoms with E-state index in [9.17, 15) is 13.2 Å². The summed E-state index contributed by atoms with van der Waals surface area (Å²) in [5.41, 5.74) is 1.67. The Morgan fingerprint density at radius 1 is 1.20 bits per heavy atom. The summed E-state index contributed by atoms with van der Waals surface area (Å²) in [6.07, 6.45) is 7.55. The molecule has 4 rings (SSSR count). The van der Waals surface area contributed by atoms with E-state index in [4.69, 9.17) is 9.15 Å². The number of benzene rings is 1. The summed E-state index contributed by atoms with van der Waals surface area (Å²) in [7, 11) is -3.34. The summed E-state index contributed by atoms with van der Waals surface area (Å²) in [4.78, 5) is 17.1. The van der Waals surface area contributed by atoms with Crippen LogP contribution in [-0.2, 0) is 22.1 Å². The standard InChI is InChI=1S/C22H24N2O5S/c1-30(26,27)14-18-17-8-4-5-9-19(17)29-21(18)22(25)24-13-15-10-11-20(23-12-15)28-16-6-2-3-7-16/h4-5,8-12,16H,2-3,6-7,13-14H2,1H3,(H,24,25). The molecule has 158 valence electrons.